The van der Waals surface area contributed by atoms with E-state index in [4.69, 9.17) is 34.8 Å². The summed E-state index contributed by atoms with van der Waals surface area (Å²) in [5, 5.41) is 4.79. The minimum absolute atomic E-state index is 0.0308. The van der Waals surface area contributed by atoms with Crippen LogP contribution in [0.15, 0.2) is 77.0 Å². The predicted molar refractivity (Wildman–Crippen MR) is 125 cm³/mol. The fraction of sp³-hybridized carbons (Fsp3) is 0.0952. The maximum Gasteiger partial charge on any atom is 0.255 e. The maximum atomic E-state index is 13.3. The van der Waals surface area contributed by atoms with Gasteiger partial charge in [0.15, 0.2) is 0 Å². The van der Waals surface area contributed by atoms with Crippen LogP contribution in [0.2, 0.25) is 15.1 Å². The number of nitrogens with one attached hydrogen (secondary N) is 1. The second kappa shape index (κ2) is 10.9. The molecule has 32 heavy (non-hydrogen) atoms. The van der Waals surface area contributed by atoms with Crippen LogP contribution < -0.4 is 5.43 Å². The summed E-state index contributed by atoms with van der Waals surface area (Å²) >= 11 is 18.3. The number of hydrogen-bond acceptors (Lipinski definition) is 5. The van der Waals surface area contributed by atoms with Crippen LogP contribution in [0.3, 0.4) is 0 Å². The van der Waals surface area contributed by atoms with Gasteiger partial charge in [-0.3, -0.25) is 9.78 Å². The van der Waals surface area contributed by atoms with Crippen molar-refractivity contribution in [1.29, 1.82) is 0 Å². The molecule has 0 aliphatic carbocycles. The van der Waals surface area contributed by atoms with Gasteiger partial charge in [0.1, 0.15) is 0 Å². The first-order chi connectivity index (χ1) is 15.3. The third-order valence-electron chi connectivity index (χ3n) is 4.25. The van der Waals surface area contributed by atoms with Crippen molar-refractivity contribution < 1.29 is 13.2 Å². The van der Waals surface area contributed by atoms with Gasteiger partial charge < -0.3 is 0 Å². The highest BCUT2D eigenvalue weighted by molar-refractivity contribution is 7.89. The number of rotatable bonds is 8. The summed E-state index contributed by atoms with van der Waals surface area (Å²) in [6, 6.07) is 13.9. The zero-order chi connectivity index (χ0) is 23.1. The maximum absolute atomic E-state index is 13.3. The predicted octanol–water partition coefficient (Wildman–Crippen LogP) is 4.38. The molecule has 7 nitrogen and oxygen atoms in total. The van der Waals surface area contributed by atoms with Crippen molar-refractivity contribution in [1.82, 2.24) is 14.7 Å². The molecule has 2 aromatic carbocycles. The van der Waals surface area contributed by atoms with E-state index >= 15 is 0 Å². The van der Waals surface area contributed by atoms with E-state index in [-0.39, 0.29) is 21.5 Å². The van der Waals surface area contributed by atoms with Gasteiger partial charge in [-0.1, -0.05) is 46.9 Å². The number of pyridine rings is 1. The molecule has 0 unspecified atom stereocenters. The lowest BCUT2D eigenvalue weighted by atomic mass is 10.2. The molecule has 0 fully saturated rings. The summed E-state index contributed by atoms with van der Waals surface area (Å²) in [5.41, 5.74) is 3.36. The SMILES string of the molecule is O=C(CN(Cc1c(Cl)cccc1Cl)S(=O)(=O)c1ccc(Cl)cc1)N/N=C\c1cccnc1. The first-order valence-electron chi connectivity index (χ1n) is 9.18. The number of hydrogen-bond donors (Lipinski definition) is 1. The standard InChI is InChI=1S/C21H17Cl3N4O3S/c22-16-6-8-17(9-7-16)32(30,31)28(13-18-19(23)4-1-5-20(18)24)14-21(29)27-26-12-15-3-2-10-25-11-15/h1-12H,13-14H2,(H,27,29)/b26-12-. The van der Waals surface area contributed by atoms with Gasteiger partial charge >= 0.3 is 0 Å². The Labute approximate surface area is 200 Å². The molecule has 0 spiro atoms. The number of carbonyl (C=O) groups excluding carboxylic acids is 1. The zero-order valence-corrected chi connectivity index (χ0v) is 19.5. The van der Waals surface area contributed by atoms with Gasteiger partial charge in [0.2, 0.25) is 10.0 Å². The molecule has 0 bridgehead atoms. The Hall–Kier alpha value is -2.49. The van der Waals surface area contributed by atoms with E-state index in [1.807, 2.05) is 0 Å². The molecule has 1 heterocycles. The highest BCUT2D eigenvalue weighted by atomic mass is 35.5. The Morgan fingerprint density at radius 3 is 2.34 bits per heavy atom. The molecule has 0 saturated carbocycles. The summed E-state index contributed by atoms with van der Waals surface area (Å²) in [4.78, 5) is 16.4. The van der Waals surface area contributed by atoms with Gasteiger partial charge in [-0.2, -0.15) is 9.41 Å². The van der Waals surface area contributed by atoms with Gasteiger partial charge in [0.05, 0.1) is 17.7 Å². The van der Waals surface area contributed by atoms with Crippen LogP contribution in [0.25, 0.3) is 0 Å². The highest BCUT2D eigenvalue weighted by Crippen LogP contribution is 2.28. The van der Waals surface area contributed by atoms with Gasteiger partial charge in [0.25, 0.3) is 5.91 Å². The number of sulfonamides is 1. The van der Waals surface area contributed by atoms with E-state index in [9.17, 15) is 13.2 Å². The van der Waals surface area contributed by atoms with Crippen LogP contribution in [0.5, 0.6) is 0 Å². The number of amides is 1. The van der Waals surface area contributed by atoms with Crippen molar-refractivity contribution in [2.75, 3.05) is 6.54 Å². The third kappa shape index (κ3) is 6.27. The fourth-order valence-electron chi connectivity index (χ4n) is 2.67. The number of nitrogens with zero attached hydrogens (tertiary/aromatic N) is 3. The van der Waals surface area contributed by atoms with Crippen molar-refractivity contribution in [2.24, 2.45) is 5.10 Å². The molecular formula is C21H17Cl3N4O3S. The second-order valence-electron chi connectivity index (χ2n) is 6.51. The van der Waals surface area contributed by atoms with Crippen molar-refractivity contribution in [3.05, 3.63) is 93.2 Å². The number of benzene rings is 2. The van der Waals surface area contributed by atoms with Gasteiger partial charge in [-0.15, -0.1) is 0 Å². The van der Waals surface area contributed by atoms with Crippen LogP contribution in [-0.2, 0) is 21.4 Å². The molecule has 0 aliphatic heterocycles. The molecule has 3 rings (SSSR count). The van der Waals surface area contributed by atoms with Crippen molar-refractivity contribution in [2.45, 2.75) is 11.4 Å². The van der Waals surface area contributed by atoms with Crippen LogP contribution in [-0.4, -0.2) is 36.4 Å². The van der Waals surface area contributed by atoms with Crippen molar-refractivity contribution in [3.63, 3.8) is 0 Å². The molecule has 166 valence electrons. The third-order valence-corrected chi connectivity index (χ3v) is 7.02. The lowest BCUT2D eigenvalue weighted by Crippen LogP contribution is -2.39. The first kappa shape index (κ1) is 24.2. The van der Waals surface area contributed by atoms with Crippen LogP contribution in [0.4, 0.5) is 0 Å². The van der Waals surface area contributed by atoms with E-state index < -0.39 is 22.5 Å². The van der Waals surface area contributed by atoms with Crippen LogP contribution in [0, 0.1) is 0 Å². The number of carbonyl (C=O) groups is 1. The second-order valence-corrected chi connectivity index (χ2v) is 9.70. The average molecular weight is 512 g/mol. The smallest absolute Gasteiger partial charge is 0.255 e. The van der Waals surface area contributed by atoms with E-state index in [2.05, 4.69) is 15.5 Å². The van der Waals surface area contributed by atoms with E-state index in [0.29, 0.717) is 16.1 Å². The quantitative estimate of drug-likeness (QED) is 0.359. The number of aromatic nitrogens is 1. The lowest BCUT2D eigenvalue weighted by Gasteiger charge is -2.22. The molecule has 0 aliphatic rings. The minimum Gasteiger partial charge on any atom is -0.272 e. The molecule has 3 aromatic rings. The monoisotopic (exact) mass is 510 g/mol. The fourth-order valence-corrected chi connectivity index (χ4v) is 4.68. The Kier molecular flexibility index (Phi) is 8.22. The number of hydrazone groups is 1. The average Bonchev–Trinajstić information content (AvgIpc) is 2.76. The Morgan fingerprint density at radius 1 is 1.03 bits per heavy atom. The summed E-state index contributed by atoms with van der Waals surface area (Å²) in [7, 11) is -4.09. The molecule has 0 saturated heterocycles. The van der Waals surface area contributed by atoms with Crippen molar-refractivity contribution >= 4 is 56.9 Å². The summed E-state index contributed by atoms with van der Waals surface area (Å²) in [5.74, 6) is -0.647. The molecular weight excluding hydrogens is 495 g/mol. The molecule has 1 amide bonds. The van der Waals surface area contributed by atoms with Crippen molar-refractivity contribution in [3.8, 4) is 0 Å². The Balaban J connectivity index is 1.85. The minimum atomic E-state index is -4.09. The summed E-state index contributed by atoms with van der Waals surface area (Å²) < 4.78 is 27.5. The normalized spacial score (nSPS) is 11.8. The van der Waals surface area contributed by atoms with Gasteiger partial charge in [0, 0.05) is 45.1 Å². The highest BCUT2D eigenvalue weighted by Gasteiger charge is 2.28. The summed E-state index contributed by atoms with van der Waals surface area (Å²) in [6.45, 7) is -0.736. The molecule has 1 aromatic heterocycles. The zero-order valence-electron chi connectivity index (χ0n) is 16.5. The van der Waals surface area contributed by atoms with Gasteiger partial charge in [-0.05, 0) is 42.5 Å². The molecule has 1 N–H and O–H groups in total. The Morgan fingerprint density at radius 2 is 1.72 bits per heavy atom. The summed E-state index contributed by atoms with van der Waals surface area (Å²) in [6.07, 6.45) is 4.56. The topological polar surface area (TPSA) is 91.7 Å². The van der Waals surface area contributed by atoms with Crippen LogP contribution in [0.1, 0.15) is 11.1 Å². The van der Waals surface area contributed by atoms with E-state index in [0.717, 1.165) is 4.31 Å². The largest absolute Gasteiger partial charge is 0.272 e. The molecule has 11 heteroatoms. The lowest BCUT2D eigenvalue weighted by molar-refractivity contribution is -0.121. The van der Waals surface area contributed by atoms with E-state index in [1.54, 1.807) is 42.7 Å². The Bertz CT molecular complexity index is 1200. The first-order valence-corrected chi connectivity index (χ1v) is 11.8. The van der Waals surface area contributed by atoms with Crippen LogP contribution >= 0.6 is 34.8 Å². The molecule has 0 atom stereocenters. The van der Waals surface area contributed by atoms with E-state index in [1.165, 1.54) is 30.5 Å². The molecule has 0 radical (unpaired) electrons. The number of halogens is 3. The van der Waals surface area contributed by atoms with Gasteiger partial charge in [-0.25, -0.2) is 13.8 Å².